The molecule has 0 aliphatic rings. The van der Waals surface area contributed by atoms with Crippen LogP contribution in [0.25, 0.3) is 0 Å². The van der Waals surface area contributed by atoms with Gasteiger partial charge in [-0.15, -0.1) is 5.10 Å². The number of benzene rings is 1. The number of ether oxygens (including phenoxy) is 15. The lowest BCUT2D eigenvalue weighted by Gasteiger charge is -2.19. The molecule has 1 atom stereocenters. The first-order valence-electron chi connectivity index (χ1n) is 37.2. The Bertz CT molecular complexity index is 1890. The molecule has 2 rings (SSSR count). The lowest BCUT2D eigenvalue weighted by Crippen LogP contribution is -2.15. The molecule has 0 saturated carbocycles. The molecule has 2 aromatic rings. The predicted molar refractivity (Wildman–Crippen MR) is 371 cm³/mol. The van der Waals surface area contributed by atoms with Gasteiger partial charge in [0.25, 0.3) is 0 Å². The van der Waals surface area contributed by atoms with Gasteiger partial charge < -0.3 is 75.6 Å². The van der Waals surface area contributed by atoms with Gasteiger partial charge in [0, 0.05) is 0 Å². The molecule has 1 aromatic heterocycles. The van der Waals surface area contributed by atoms with Crippen molar-refractivity contribution in [2.75, 3.05) is 185 Å². The molecule has 0 radical (unpaired) electrons. The molecule has 0 N–H and O–H groups in total. The van der Waals surface area contributed by atoms with Gasteiger partial charge in [-0.2, -0.15) is 4.20 Å². The third-order valence-corrected chi connectivity index (χ3v) is 16.8. The van der Waals surface area contributed by atoms with Crippen LogP contribution in [0.3, 0.4) is 0 Å². The van der Waals surface area contributed by atoms with Crippen molar-refractivity contribution in [2.45, 2.75) is 233 Å². The van der Waals surface area contributed by atoms with E-state index >= 15 is 0 Å². The lowest BCUT2D eigenvalue weighted by atomic mass is 10.1. The summed E-state index contributed by atoms with van der Waals surface area (Å²) in [7, 11) is -4.04. The van der Waals surface area contributed by atoms with Crippen LogP contribution >= 0.6 is 7.68 Å². The highest BCUT2D eigenvalue weighted by molar-refractivity contribution is 7.53. The van der Waals surface area contributed by atoms with Gasteiger partial charge in [-0.1, -0.05) is 199 Å². The van der Waals surface area contributed by atoms with Gasteiger partial charge in [-0.25, -0.2) is 4.68 Å². The van der Waals surface area contributed by atoms with Crippen molar-refractivity contribution in [3.63, 3.8) is 0 Å². The van der Waals surface area contributed by atoms with Crippen LogP contribution in [0, 0.1) is 0 Å². The van der Waals surface area contributed by atoms with E-state index in [4.69, 9.17) is 71.1 Å². The Hall–Kier alpha value is -2.60. The quantitative estimate of drug-likeness (QED) is 0.0447. The number of halogens is 1. The van der Waals surface area contributed by atoms with Crippen LogP contribution in [0.1, 0.15) is 232 Å². The fourth-order valence-corrected chi connectivity index (χ4v) is 10.9. The molecule has 1 heterocycles. The summed E-state index contributed by atoms with van der Waals surface area (Å²) in [5.41, 5.74) is 1.78. The van der Waals surface area contributed by atoms with E-state index in [0.717, 1.165) is 47.8 Å². The monoisotopic (exact) mass is 1360 g/mol. The highest BCUT2D eigenvalue weighted by Crippen LogP contribution is 2.48. The van der Waals surface area contributed by atoms with Gasteiger partial charge >= 0.3 is 7.68 Å². The van der Waals surface area contributed by atoms with Gasteiger partial charge in [0.1, 0.15) is 5.69 Å². The molecule has 20 nitrogen and oxygen atoms in total. The Morgan fingerprint density at radius 2 is 0.628 bits per heavy atom. The normalized spacial score (nSPS) is 12.4. The fourth-order valence-electron chi connectivity index (χ4n) is 10.1. The summed E-state index contributed by atoms with van der Waals surface area (Å²) in [5.74, 6) is 2.26. The minimum atomic E-state index is -4.04. The molecule has 94 heavy (non-hydrogen) atoms. The number of unbranched alkanes of at least 4 members (excludes halogenated alkanes) is 27. The lowest BCUT2D eigenvalue weighted by molar-refractivity contribution is -0.0284. The molecule has 0 bridgehead atoms. The molecule has 0 saturated heterocycles. The molecule has 1 aromatic carbocycles. The van der Waals surface area contributed by atoms with Crippen LogP contribution in [0.2, 0.25) is 0 Å². The summed E-state index contributed by atoms with van der Waals surface area (Å²) in [4.78, 5) is 0. The van der Waals surface area contributed by atoms with Gasteiger partial charge in [0.05, 0.1) is 204 Å². The summed E-state index contributed by atoms with van der Waals surface area (Å²) in [6.07, 6.45) is 40.1. The minimum absolute atomic E-state index is 0.0184. The average Bonchev–Trinajstić information content (AvgIpc) is 1.20. The first-order valence-corrected chi connectivity index (χ1v) is 38.9. The number of nitrogens with zero attached hydrogens (tertiary/aromatic N) is 3. The van der Waals surface area contributed by atoms with Crippen LogP contribution in [-0.2, 0) is 79.1 Å². The maximum Gasteiger partial charge on any atom is 0.369 e. The second-order valence-corrected chi connectivity index (χ2v) is 25.8. The van der Waals surface area contributed by atoms with Crippen molar-refractivity contribution < 1.29 is 84.3 Å². The standard InChI is InChI=1S/C72H135FN3O17P/c1-5-9-12-15-18-21-24-27-30-33-36-90-70-63-68(64-71(91-37-34-31-28-25-22-19-16-13-10-6-2)72(70)92-38-35-32-29-26-23-20-17-14-11-7-3)65-76-66-69(74-75-76)67-89-60-59-87-56-55-85-52-51-83-48-47-81-44-43-79-40-39-78-41-42-80-45-46-82-49-50-84-53-54-86-57-58-88-61-62-94(73,77)93-8-4/h63-64,66H,5-62,65,67H2,1-4H3. The SMILES string of the molecule is CCCCCCCCCCCCOc1cc(Cn2cc(COCCOCCOCCOCCOCCOCCOCCOCCOCCOCCOCCOCCP(=O)(F)OCC)nn2)cc(OCCCCCCCCCCCC)c1OCCCCCCCCCCCC. The van der Waals surface area contributed by atoms with E-state index in [1.54, 1.807) is 6.92 Å². The van der Waals surface area contributed by atoms with Crippen LogP contribution in [0.15, 0.2) is 18.3 Å². The van der Waals surface area contributed by atoms with Crippen molar-refractivity contribution in [3.8, 4) is 17.2 Å². The smallest absolute Gasteiger partial charge is 0.369 e. The third kappa shape index (κ3) is 57.3. The predicted octanol–water partition coefficient (Wildman–Crippen LogP) is 16.1. The van der Waals surface area contributed by atoms with Crippen molar-refractivity contribution >= 4 is 7.68 Å². The maximum atomic E-state index is 13.4. The second-order valence-electron chi connectivity index (χ2n) is 23.9. The highest BCUT2D eigenvalue weighted by Gasteiger charge is 2.21. The third-order valence-electron chi connectivity index (χ3n) is 15.4. The Morgan fingerprint density at radius 1 is 0.351 bits per heavy atom. The number of hydrogen-bond donors (Lipinski definition) is 0. The van der Waals surface area contributed by atoms with E-state index < -0.39 is 7.68 Å². The second kappa shape index (κ2) is 68.9. The highest BCUT2D eigenvalue weighted by atomic mass is 31.2. The largest absolute Gasteiger partial charge is 0.490 e. The van der Waals surface area contributed by atoms with Gasteiger partial charge in [0.2, 0.25) is 5.75 Å². The topological polar surface area (TPSA) is 195 Å². The van der Waals surface area contributed by atoms with Crippen LogP contribution in [-0.4, -0.2) is 200 Å². The zero-order valence-corrected chi connectivity index (χ0v) is 60.7. The summed E-state index contributed by atoms with van der Waals surface area (Å²) < 4.78 is 118. The zero-order chi connectivity index (χ0) is 67.2. The molecule has 1 unspecified atom stereocenters. The van der Waals surface area contributed by atoms with Crippen molar-refractivity contribution in [1.82, 2.24) is 15.0 Å². The molecular weight excluding hydrogens is 1230 g/mol. The van der Waals surface area contributed by atoms with Crippen molar-refractivity contribution in [2.24, 2.45) is 0 Å². The Labute approximate surface area is 569 Å². The molecule has 0 amide bonds. The number of rotatable bonds is 78. The van der Waals surface area contributed by atoms with Crippen LogP contribution < -0.4 is 14.2 Å². The molecule has 0 aliphatic carbocycles. The maximum absolute atomic E-state index is 13.4. The van der Waals surface area contributed by atoms with E-state index in [1.807, 2.05) is 10.9 Å². The van der Waals surface area contributed by atoms with Gasteiger partial charge in [-0.05, 0) is 43.9 Å². The molecule has 0 fully saturated rings. The summed E-state index contributed by atoms with van der Waals surface area (Å²) in [6.45, 7) is 21.1. The first-order chi connectivity index (χ1) is 46.4. The Balaban J connectivity index is 1.60. The van der Waals surface area contributed by atoms with E-state index in [2.05, 4.69) is 47.7 Å². The zero-order valence-electron chi connectivity index (χ0n) is 59.8. The number of hydrogen-bond acceptors (Lipinski definition) is 19. The summed E-state index contributed by atoms with van der Waals surface area (Å²) in [5, 5.41) is 8.91. The van der Waals surface area contributed by atoms with Crippen molar-refractivity contribution in [1.29, 1.82) is 0 Å². The van der Waals surface area contributed by atoms with E-state index in [1.165, 1.54) is 173 Å². The van der Waals surface area contributed by atoms with Gasteiger partial charge in [0.15, 0.2) is 11.5 Å². The average molecular weight is 1360 g/mol. The summed E-state index contributed by atoms with van der Waals surface area (Å²) in [6, 6.07) is 4.24. The van der Waals surface area contributed by atoms with Gasteiger partial charge in [-0.3, -0.25) is 4.57 Å². The molecule has 0 aliphatic heterocycles. The van der Waals surface area contributed by atoms with Crippen LogP contribution in [0.5, 0.6) is 17.2 Å². The fraction of sp³-hybridized carbons (Fsp3) is 0.889. The van der Waals surface area contributed by atoms with E-state index in [-0.39, 0.29) is 26.0 Å². The van der Waals surface area contributed by atoms with Crippen LogP contribution in [0.4, 0.5) is 4.20 Å². The molecule has 22 heteroatoms. The molecule has 0 spiro atoms. The summed E-state index contributed by atoms with van der Waals surface area (Å²) >= 11 is 0. The Morgan fingerprint density at radius 3 is 0.936 bits per heavy atom. The number of aromatic nitrogens is 3. The van der Waals surface area contributed by atoms with E-state index in [0.29, 0.717) is 172 Å². The molecule has 552 valence electrons. The van der Waals surface area contributed by atoms with Crippen molar-refractivity contribution in [3.05, 3.63) is 29.6 Å². The van der Waals surface area contributed by atoms with E-state index in [9.17, 15) is 8.76 Å². The minimum Gasteiger partial charge on any atom is -0.490 e. The Kier molecular flexibility index (Phi) is 64.1. The molecular formula is C72H135FN3O17P. The first kappa shape index (κ1) is 87.5.